The molecule has 3 nitrogen and oxygen atoms in total. The van der Waals surface area contributed by atoms with Crippen LogP contribution in [0.2, 0.25) is 0 Å². The third-order valence-electron chi connectivity index (χ3n) is 1.86. The number of nitrogens with zero attached hydrogens (tertiary/aromatic N) is 2. The molecule has 0 saturated carbocycles. The highest BCUT2D eigenvalue weighted by atomic mass is 127. The molecule has 15 heavy (non-hydrogen) atoms. The molecule has 4 heteroatoms. The maximum Gasteiger partial charge on any atom is 0.316 e. The van der Waals surface area contributed by atoms with Crippen molar-refractivity contribution in [3.05, 3.63) is 51.9 Å². The molecule has 76 valence electrons. The molecule has 0 saturated heterocycles. The fraction of sp³-hybridized carbons (Fsp3) is 0.0909. The van der Waals surface area contributed by atoms with E-state index in [1.54, 1.807) is 18.5 Å². The Bertz CT molecular complexity index is 434. The van der Waals surface area contributed by atoms with Crippen LogP contribution in [-0.4, -0.2) is 9.97 Å². The number of rotatable bonds is 3. The van der Waals surface area contributed by atoms with E-state index in [1.807, 2.05) is 24.3 Å². The van der Waals surface area contributed by atoms with Gasteiger partial charge in [0.1, 0.15) is 6.61 Å². The Hall–Kier alpha value is -1.17. The van der Waals surface area contributed by atoms with Gasteiger partial charge in [-0.05, 0) is 34.7 Å². The van der Waals surface area contributed by atoms with Crippen molar-refractivity contribution in [3.8, 4) is 6.01 Å². The quantitative estimate of drug-likeness (QED) is 0.817. The van der Waals surface area contributed by atoms with Crippen molar-refractivity contribution >= 4 is 22.6 Å². The monoisotopic (exact) mass is 312 g/mol. The molecule has 1 heterocycles. The molecule has 2 rings (SSSR count). The van der Waals surface area contributed by atoms with Crippen LogP contribution in [0, 0.1) is 3.57 Å². The summed E-state index contributed by atoms with van der Waals surface area (Å²) in [4.78, 5) is 7.98. The number of halogens is 1. The molecule has 1 aromatic heterocycles. The first kappa shape index (κ1) is 10.4. The predicted octanol–water partition coefficient (Wildman–Crippen LogP) is 2.66. The molecule has 0 N–H and O–H groups in total. The van der Waals surface area contributed by atoms with Crippen molar-refractivity contribution in [1.29, 1.82) is 0 Å². The minimum atomic E-state index is 0.414. The fourth-order valence-corrected chi connectivity index (χ4v) is 1.66. The summed E-state index contributed by atoms with van der Waals surface area (Å²) in [7, 11) is 0. The van der Waals surface area contributed by atoms with Crippen molar-refractivity contribution in [2.24, 2.45) is 0 Å². The maximum atomic E-state index is 5.45. The summed E-state index contributed by atoms with van der Waals surface area (Å²) < 4.78 is 6.63. The van der Waals surface area contributed by atoms with Gasteiger partial charge >= 0.3 is 6.01 Å². The van der Waals surface area contributed by atoms with Gasteiger partial charge in [-0.25, -0.2) is 9.97 Å². The van der Waals surface area contributed by atoms with E-state index in [2.05, 4.69) is 32.6 Å². The van der Waals surface area contributed by atoms with E-state index in [0.29, 0.717) is 12.6 Å². The molecule has 1 aromatic carbocycles. The van der Waals surface area contributed by atoms with E-state index >= 15 is 0 Å². The minimum Gasteiger partial charge on any atom is -0.459 e. The summed E-state index contributed by atoms with van der Waals surface area (Å²) in [6, 6.07) is 10.3. The molecular weight excluding hydrogens is 303 g/mol. The predicted molar refractivity (Wildman–Crippen MR) is 65.5 cm³/mol. The number of ether oxygens (including phenoxy) is 1. The normalized spacial score (nSPS) is 9.93. The first-order valence-electron chi connectivity index (χ1n) is 4.49. The molecule has 0 radical (unpaired) electrons. The lowest BCUT2D eigenvalue weighted by atomic mass is 10.2. The highest BCUT2D eigenvalue weighted by Gasteiger charge is 2.00. The lowest BCUT2D eigenvalue weighted by molar-refractivity contribution is 0.280. The summed E-state index contributed by atoms with van der Waals surface area (Å²) in [5.41, 5.74) is 1.14. The zero-order chi connectivity index (χ0) is 10.5. The van der Waals surface area contributed by atoms with E-state index in [1.165, 1.54) is 3.57 Å². The number of hydrogen-bond acceptors (Lipinski definition) is 3. The summed E-state index contributed by atoms with van der Waals surface area (Å²) in [6.45, 7) is 0.503. The fourth-order valence-electron chi connectivity index (χ4n) is 1.12. The van der Waals surface area contributed by atoms with Gasteiger partial charge in [0.25, 0.3) is 0 Å². The van der Waals surface area contributed by atoms with Crippen LogP contribution in [0.25, 0.3) is 0 Å². The largest absolute Gasteiger partial charge is 0.459 e. The molecule has 0 aliphatic heterocycles. The van der Waals surface area contributed by atoms with E-state index < -0.39 is 0 Å². The van der Waals surface area contributed by atoms with E-state index in [4.69, 9.17) is 4.74 Å². The second-order valence-electron chi connectivity index (χ2n) is 2.91. The molecular formula is C11H9IN2O. The van der Waals surface area contributed by atoms with Crippen molar-refractivity contribution < 1.29 is 4.74 Å². The van der Waals surface area contributed by atoms with E-state index in [9.17, 15) is 0 Å². The number of hydrogen-bond donors (Lipinski definition) is 0. The Morgan fingerprint density at radius 1 is 1.07 bits per heavy atom. The van der Waals surface area contributed by atoms with Gasteiger partial charge in [-0.3, -0.25) is 0 Å². The van der Waals surface area contributed by atoms with Gasteiger partial charge in [-0.2, -0.15) is 0 Å². The van der Waals surface area contributed by atoms with Gasteiger partial charge in [0, 0.05) is 21.5 Å². The molecule has 0 aliphatic carbocycles. The van der Waals surface area contributed by atoms with Crippen molar-refractivity contribution in [3.63, 3.8) is 0 Å². The van der Waals surface area contributed by atoms with Crippen molar-refractivity contribution in [2.75, 3.05) is 0 Å². The average Bonchev–Trinajstić information content (AvgIpc) is 2.29. The Kier molecular flexibility index (Phi) is 3.49. The van der Waals surface area contributed by atoms with Gasteiger partial charge in [0.2, 0.25) is 0 Å². The summed E-state index contributed by atoms with van der Waals surface area (Å²) >= 11 is 2.28. The molecule has 0 atom stereocenters. The molecule has 0 spiro atoms. The maximum absolute atomic E-state index is 5.45. The SMILES string of the molecule is Ic1ccccc1COc1ncccn1. The Morgan fingerprint density at radius 3 is 2.53 bits per heavy atom. The molecule has 0 aliphatic rings. The third-order valence-corrected chi connectivity index (χ3v) is 2.91. The van der Waals surface area contributed by atoms with Crippen LogP contribution in [0.1, 0.15) is 5.56 Å². The van der Waals surface area contributed by atoms with Crippen LogP contribution < -0.4 is 4.74 Å². The second kappa shape index (κ2) is 5.06. The zero-order valence-corrected chi connectivity index (χ0v) is 10.1. The molecule has 0 fully saturated rings. The molecule has 0 amide bonds. The van der Waals surface area contributed by atoms with Crippen LogP contribution in [0.15, 0.2) is 42.7 Å². The van der Waals surface area contributed by atoms with Gasteiger partial charge in [-0.1, -0.05) is 18.2 Å². The number of benzene rings is 1. The second-order valence-corrected chi connectivity index (χ2v) is 4.07. The van der Waals surface area contributed by atoms with Gasteiger partial charge in [0.05, 0.1) is 0 Å². The van der Waals surface area contributed by atoms with Crippen LogP contribution in [0.4, 0.5) is 0 Å². The van der Waals surface area contributed by atoms with Crippen LogP contribution in [-0.2, 0) is 6.61 Å². The highest BCUT2D eigenvalue weighted by molar-refractivity contribution is 14.1. The van der Waals surface area contributed by atoms with Gasteiger partial charge in [-0.15, -0.1) is 0 Å². The lowest BCUT2D eigenvalue weighted by Gasteiger charge is -2.05. The van der Waals surface area contributed by atoms with Crippen molar-refractivity contribution in [2.45, 2.75) is 6.61 Å². The van der Waals surface area contributed by atoms with Gasteiger partial charge in [0.15, 0.2) is 0 Å². The smallest absolute Gasteiger partial charge is 0.316 e. The van der Waals surface area contributed by atoms with Gasteiger partial charge < -0.3 is 4.74 Å². The average molecular weight is 312 g/mol. The van der Waals surface area contributed by atoms with E-state index in [-0.39, 0.29) is 0 Å². The van der Waals surface area contributed by atoms with Crippen LogP contribution >= 0.6 is 22.6 Å². The summed E-state index contributed by atoms with van der Waals surface area (Å²) in [5, 5.41) is 0. The summed E-state index contributed by atoms with van der Waals surface area (Å²) in [6.07, 6.45) is 3.33. The first-order chi connectivity index (χ1) is 7.36. The minimum absolute atomic E-state index is 0.414. The molecule has 0 bridgehead atoms. The Labute approximate surface area is 102 Å². The summed E-state index contributed by atoms with van der Waals surface area (Å²) in [5.74, 6) is 0. The Morgan fingerprint density at radius 2 is 1.80 bits per heavy atom. The number of aromatic nitrogens is 2. The third kappa shape index (κ3) is 2.89. The Balaban J connectivity index is 2.03. The molecule has 2 aromatic rings. The topological polar surface area (TPSA) is 35.0 Å². The molecule has 0 unspecified atom stereocenters. The standard InChI is InChI=1S/C11H9IN2O/c12-10-5-2-1-4-9(10)8-15-11-13-6-3-7-14-11/h1-7H,8H2. The zero-order valence-electron chi connectivity index (χ0n) is 7.93. The van der Waals surface area contributed by atoms with Crippen LogP contribution in [0.3, 0.4) is 0 Å². The van der Waals surface area contributed by atoms with Crippen molar-refractivity contribution in [1.82, 2.24) is 9.97 Å². The van der Waals surface area contributed by atoms with Crippen LogP contribution in [0.5, 0.6) is 6.01 Å². The highest BCUT2D eigenvalue weighted by Crippen LogP contribution is 2.13. The first-order valence-corrected chi connectivity index (χ1v) is 5.57. The lowest BCUT2D eigenvalue weighted by Crippen LogP contribution is -2.00. The van der Waals surface area contributed by atoms with E-state index in [0.717, 1.165) is 5.56 Å².